The quantitative estimate of drug-likeness (QED) is 0.159. The van der Waals surface area contributed by atoms with Crippen LogP contribution < -0.4 is 14.4 Å². The Morgan fingerprint density at radius 1 is 0.826 bits per heavy atom. The number of carbonyl (C=O) groups excluding carboxylic acids is 2. The lowest BCUT2D eigenvalue weighted by Gasteiger charge is -2.34. The van der Waals surface area contributed by atoms with E-state index in [9.17, 15) is 18.0 Å². The van der Waals surface area contributed by atoms with Crippen LogP contribution in [0.4, 0.5) is 5.69 Å². The second-order valence-electron chi connectivity index (χ2n) is 10.9. The normalized spacial score (nSPS) is 12.0. The monoisotopic (exact) mass is 681 g/mol. The number of halogens is 2. The van der Waals surface area contributed by atoms with E-state index in [2.05, 4.69) is 5.32 Å². The maximum absolute atomic E-state index is 14.6. The van der Waals surface area contributed by atoms with Crippen LogP contribution in [0.2, 0.25) is 10.0 Å². The molecule has 2 amide bonds. The first-order valence-corrected chi connectivity index (χ1v) is 17.1. The van der Waals surface area contributed by atoms with E-state index in [0.717, 1.165) is 9.87 Å². The summed E-state index contributed by atoms with van der Waals surface area (Å²) >= 11 is 12.5. The second-order valence-corrected chi connectivity index (χ2v) is 13.5. The molecular weight excluding hydrogens is 645 g/mol. The topological polar surface area (TPSA) is 96.0 Å². The number of nitrogens with one attached hydrogen (secondary N) is 1. The zero-order valence-electron chi connectivity index (χ0n) is 25.9. The Morgan fingerprint density at radius 2 is 1.46 bits per heavy atom. The van der Waals surface area contributed by atoms with Gasteiger partial charge in [-0.15, -0.1) is 0 Å². The van der Waals surface area contributed by atoms with Crippen molar-refractivity contribution in [1.82, 2.24) is 10.2 Å². The van der Waals surface area contributed by atoms with E-state index in [4.69, 9.17) is 27.9 Å². The number of amides is 2. The summed E-state index contributed by atoms with van der Waals surface area (Å²) in [7, 11) is -4.27. The van der Waals surface area contributed by atoms with Gasteiger partial charge in [0.1, 0.15) is 18.3 Å². The molecule has 0 unspecified atom stereocenters. The van der Waals surface area contributed by atoms with Crippen molar-refractivity contribution in [3.05, 3.63) is 124 Å². The average molecular weight is 683 g/mol. The molecule has 242 valence electrons. The highest BCUT2D eigenvalue weighted by Crippen LogP contribution is 2.33. The number of hydrogen-bond donors (Lipinski definition) is 1. The molecule has 0 bridgehead atoms. The first kappa shape index (κ1) is 34.8. The Bertz CT molecular complexity index is 1740. The van der Waals surface area contributed by atoms with Crippen molar-refractivity contribution < 1.29 is 22.7 Å². The molecule has 0 heterocycles. The van der Waals surface area contributed by atoms with E-state index in [1.807, 2.05) is 44.2 Å². The van der Waals surface area contributed by atoms with Gasteiger partial charge in [-0.25, -0.2) is 8.42 Å². The summed E-state index contributed by atoms with van der Waals surface area (Å²) < 4.78 is 35.3. The lowest BCUT2D eigenvalue weighted by molar-refractivity contribution is -0.140. The molecule has 0 aliphatic carbocycles. The third-order valence-electron chi connectivity index (χ3n) is 7.08. The molecule has 0 aliphatic rings. The maximum atomic E-state index is 14.6. The number of benzene rings is 4. The van der Waals surface area contributed by atoms with Crippen LogP contribution in [0.3, 0.4) is 0 Å². The molecule has 0 spiro atoms. The number of carbonyl (C=O) groups is 2. The fourth-order valence-electron chi connectivity index (χ4n) is 4.94. The number of nitrogens with zero attached hydrogens (tertiary/aromatic N) is 2. The highest BCUT2D eigenvalue weighted by atomic mass is 35.5. The molecule has 4 rings (SSSR count). The third kappa shape index (κ3) is 8.81. The van der Waals surface area contributed by atoms with Gasteiger partial charge in [-0.2, -0.15) is 0 Å². The zero-order chi connectivity index (χ0) is 33.3. The molecule has 4 aromatic carbocycles. The molecule has 0 aliphatic heterocycles. The number of ether oxygens (including phenoxy) is 1. The summed E-state index contributed by atoms with van der Waals surface area (Å²) in [6, 6.07) is 27.6. The number of sulfonamides is 1. The van der Waals surface area contributed by atoms with Crippen LogP contribution in [-0.4, -0.2) is 50.4 Å². The first-order valence-electron chi connectivity index (χ1n) is 14.9. The lowest BCUT2D eigenvalue weighted by atomic mass is 10.0. The minimum atomic E-state index is -4.27. The van der Waals surface area contributed by atoms with Gasteiger partial charge in [0.05, 0.1) is 27.2 Å². The predicted octanol–water partition coefficient (Wildman–Crippen LogP) is 6.75. The Labute approximate surface area is 280 Å². The standard InChI is InChI=1S/C35H37Cl2N3O5S/c1-4-45-33-18-12-11-17-31(33)40(46(43,44)28-15-9-6-10-16-28)24-34(41)39(23-27-19-20-29(36)30(37)21-27)32(35(42)38-25(2)3)22-26-13-7-5-8-14-26/h5-21,25,32H,4,22-24H2,1-3H3,(H,38,42)/t32-/m0/s1. The van der Waals surface area contributed by atoms with E-state index in [1.54, 1.807) is 67.6 Å². The molecule has 0 radical (unpaired) electrons. The molecule has 11 heteroatoms. The van der Waals surface area contributed by atoms with Crippen LogP contribution >= 0.6 is 23.2 Å². The summed E-state index contributed by atoms with van der Waals surface area (Å²) in [5, 5.41) is 3.57. The molecule has 0 saturated heterocycles. The Balaban J connectivity index is 1.85. The molecule has 4 aromatic rings. The average Bonchev–Trinajstić information content (AvgIpc) is 3.04. The SMILES string of the molecule is CCOc1ccccc1N(CC(=O)N(Cc1ccc(Cl)c(Cl)c1)[C@@H](Cc1ccccc1)C(=O)NC(C)C)S(=O)(=O)c1ccccc1. The summed E-state index contributed by atoms with van der Waals surface area (Å²) in [5.41, 5.74) is 1.64. The summed E-state index contributed by atoms with van der Waals surface area (Å²) in [6.45, 7) is 5.09. The van der Waals surface area contributed by atoms with E-state index < -0.39 is 28.5 Å². The molecule has 1 atom stereocenters. The summed E-state index contributed by atoms with van der Waals surface area (Å²) in [5.74, 6) is -0.678. The number of hydrogen-bond acceptors (Lipinski definition) is 5. The molecule has 0 aromatic heterocycles. The van der Waals surface area contributed by atoms with Gasteiger partial charge < -0.3 is 15.0 Å². The van der Waals surface area contributed by atoms with E-state index in [0.29, 0.717) is 16.3 Å². The van der Waals surface area contributed by atoms with Crippen molar-refractivity contribution in [1.29, 1.82) is 0 Å². The number of para-hydroxylation sites is 2. The molecule has 8 nitrogen and oxygen atoms in total. The van der Waals surface area contributed by atoms with Crippen molar-refractivity contribution in [3.63, 3.8) is 0 Å². The lowest BCUT2D eigenvalue weighted by Crippen LogP contribution is -2.54. The highest BCUT2D eigenvalue weighted by Gasteiger charge is 2.35. The van der Waals surface area contributed by atoms with Crippen LogP contribution in [0.15, 0.2) is 108 Å². The minimum Gasteiger partial charge on any atom is -0.492 e. The molecule has 0 fully saturated rings. The second kappa shape index (κ2) is 16.0. The number of anilines is 1. The van der Waals surface area contributed by atoms with Gasteiger partial charge in [0.2, 0.25) is 11.8 Å². The van der Waals surface area contributed by atoms with E-state index >= 15 is 0 Å². The number of rotatable bonds is 14. The highest BCUT2D eigenvalue weighted by molar-refractivity contribution is 7.92. The first-order chi connectivity index (χ1) is 22.0. The van der Waals surface area contributed by atoms with Gasteiger partial charge in [-0.3, -0.25) is 13.9 Å². The van der Waals surface area contributed by atoms with E-state index in [1.165, 1.54) is 17.0 Å². The third-order valence-corrected chi connectivity index (χ3v) is 9.60. The fraction of sp³-hybridized carbons (Fsp3) is 0.257. The molecule has 46 heavy (non-hydrogen) atoms. The summed E-state index contributed by atoms with van der Waals surface area (Å²) in [6.07, 6.45) is 0.188. The Kier molecular flexibility index (Phi) is 12.1. The van der Waals surface area contributed by atoms with Crippen LogP contribution in [0.5, 0.6) is 5.75 Å². The molecule has 0 saturated carbocycles. The molecular formula is C35H37Cl2N3O5S. The van der Waals surface area contributed by atoms with Crippen molar-refractivity contribution in [2.45, 2.75) is 50.7 Å². The van der Waals surface area contributed by atoms with E-state index in [-0.39, 0.29) is 47.1 Å². The molecule has 1 N–H and O–H groups in total. The van der Waals surface area contributed by atoms with Crippen LogP contribution in [-0.2, 0) is 32.6 Å². The van der Waals surface area contributed by atoms with Crippen LogP contribution in [0.25, 0.3) is 0 Å². The maximum Gasteiger partial charge on any atom is 0.264 e. The van der Waals surface area contributed by atoms with Crippen molar-refractivity contribution in [2.24, 2.45) is 0 Å². The van der Waals surface area contributed by atoms with Crippen LogP contribution in [0.1, 0.15) is 31.9 Å². The van der Waals surface area contributed by atoms with Crippen LogP contribution in [0, 0.1) is 0 Å². The van der Waals surface area contributed by atoms with Crippen molar-refractivity contribution >= 4 is 50.7 Å². The minimum absolute atomic E-state index is 0.00326. The van der Waals surface area contributed by atoms with Crippen molar-refractivity contribution in [2.75, 3.05) is 17.5 Å². The van der Waals surface area contributed by atoms with Gasteiger partial charge in [0, 0.05) is 19.0 Å². The van der Waals surface area contributed by atoms with Crippen molar-refractivity contribution in [3.8, 4) is 5.75 Å². The van der Waals surface area contributed by atoms with Gasteiger partial charge >= 0.3 is 0 Å². The smallest absolute Gasteiger partial charge is 0.264 e. The largest absolute Gasteiger partial charge is 0.492 e. The predicted molar refractivity (Wildman–Crippen MR) is 183 cm³/mol. The fourth-order valence-corrected chi connectivity index (χ4v) is 6.71. The van der Waals surface area contributed by atoms with Gasteiger partial charge in [-0.1, -0.05) is 89.9 Å². The van der Waals surface area contributed by atoms with Gasteiger partial charge in [0.15, 0.2) is 0 Å². The Hall–Kier alpha value is -4.05. The van der Waals surface area contributed by atoms with Gasteiger partial charge in [-0.05, 0) is 68.3 Å². The zero-order valence-corrected chi connectivity index (χ0v) is 28.2. The summed E-state index contributed by atoms with van der Waals surface area (Å²) in [4.78, 5) is 29.8. The Morgan fingerprint density at radius 3 is 2.09 bits per heavy atom. The van der Waals surface area contributed by atoms with Gasteiger partial charge in [0.25, 0.3) is 10.0 Å².